The Bertz CT molecular complexity index is 1930. The van der Waals surface area contributed by atoms with Gasteiger partial charge in [0.2, 0.25) is 0 Å². The number of nitrogens with zero attached hydrogens (tertiary/aromatic N) is 3. The van der Waals surface area contributed by atoms with Gasteiger partial charge in [0, 0.05) is 31.2 Å². The number of halogens is 4. The molecule has 3 heterocycles. The minimum absolute atomic E-state index is 0.0554. The summed E-state index contributed by atoms with van der Waals surface area (Å²) in [6.07, 6.45) is -4.27. The molecule has 0 bridgehead atoms. The zero-order valence-electron chi connectivity index (χ0n) is 25.1. The predicted molar refractivity (Wildman–Crippen MR) is 161 cm³/mol. The van der Waals surface area contributed by atoms with Gasteiger partial charge in [-0.25, -0.2) is 9.18 Å². The first-order valence-corrected chi connectivity index (χ1v) is 15.1. The molecule has 3 aromatic carbocycles. The summed E-state index contributed by atoms with van der Waals surface area (Å²) in [6.45, 7) is 0.0204. The van der Waals surface area contributed by atoms with E-state index in [0.717, 1.165) is 32.9 Å². The highest BCUT2D eigenvalue weighted by molar-refractivity contribution is 5.85. The fourth-order valence-corrected chi connectivity index (χ4v) is 6.62. The van der Waals surface area contributed by atoms with E-state index >= 15 is 4.39 Å². The minimum atomic E-state index is -4.89. The fourth-order valence-electron chi connectivity index (χ4n) is 6.62. The third-order valence-corrected chi connectivity index (χ3v) is 9.06. The van der Waals surface area contributed by atoms with Crippen LogP contribution in [0.2, 0.25) is 0 Å². The molecule has 1 spiro atoms. The fraction of sp³-hybridized carbons (Fsp3) is 0.324. The van der Waals surface area contributed by atoms with Crippen LogP contribution in [0, 0.1) is 5.82 Å². The molecule has 6 rings (SSSR count). The number of ether oxygens (including phenoxy) is 1. The Labute approximate surface area is 266 Å². The number of carboxylic acid groups (broad SMARTS) is 1. The van der Waals surface area contributed by atoms with Gasteiger partial charge in [0.15, 0.2) is 0 Å². The second-order valence-electron chi connectivity index (χ2n) is 11.9. The van der Waals surface area contributed by atoms with Crippen LogP contribution in [0.1, 0.15) is 62.8 Å². The number of carbonyl (C=O) groups is 1. The van der Waals surface area contributed by atoms with Crippen molar-refractivity contribution in [2.45, 2.75) is 56.9 Å². The summed E-state index contributed by atoms with van der Waals surface area (Å²) in [4.78, 5) is 41.5. The molecule has 2 aliphatic rings. The summed E-state index contributed by atoms with van der Waals surface area (Å²) >= 11 is 0. The number of benzene rings is 3. The Morgan fingerprint density at radius 2 is 1.66 bits per heavy atom. The maximum absolute atomic E-state index is 15.0. The van der Waals surface area contributed by atoms with Gasteiger partial charge in [0.25, 0.3) is 5.56 Å². The molecule has 47 heavy (non-hydrogen) atoms. The molecule has 9 nitrogen and oxygen atoms in total. The van der Waals surface area contributed by atoms with Gasteiger partial charge >= 0.3 is 11.9 Å². The van der Waals surface area contributed by atoms with E-state index in [4.69, 9.17) is 10.5 Å². The van der Waals surface area contributed by atoms with Crippen molar-refractivity contribution in [2.24, 2.45) is 5.73 Å². The molecular weight excluding hydrogens is 620 g/mol. The normalized spacial score (nSPS) is 16.7. The number of alkyl halides is 3. The third-order valence-electron chi connectivity index (χ3n) is 9.06. The van der Waals surface area contributed by atoms with E-state index in [1.54, 1.807) is 42.5 Å². The minimum Gasteiger partial charge on any atom is -0.545 e. The second kappa shape index (κ2) is 12.5. The first-order chi connectivity index (χ1) is 22.4. The van der Waals surface area contributed by atoms with Crippen molar-refractivity contribution in [3.8, 4) is 0 Å². The lowest BCUT2D eigenvalue weighted by Gasteiger charge is -2.39. The second-order valence-corrected chi connectivity index (χ2v) is 11.9. The molecule has 0 aliphatic carbocycles. The van der Waals surface area contributed by atoms with Gasteiger partial charge in [-0.3, -0.25) is 18.8 Å². The number of rotatable bonds is 8. The van der Waals surface area contributed by atoms with Gasteiger partial charge in [-0.1, -0.05) is 54.6 Å². The molecule has 246 valence electrons. The maximum atomic E-state index is 15.0. The maximum Gasteiger partial charge on any atom is 0.416 e. The molecule has 1 unspecified atom stereocenters. The van der Waals surface area contributed by atoms with Crippen LogP contribution in [-0.2, 0) is 42.8 Å². The number of piperidine rings is 1. The standard InChI is InChI=1S/C34H32F4N4O5/c35-26-11-5-10-25(34(36,37)38)24(26)18-41-28-20-47-33(12-14-40(15-13-33)17-21-6-4-9-23(16-21)31(44)45)29(28)30(43)42(32(41)46)19-27(39)22-7-2-1-3-8-22/h1-11,16,27H,12-15,17-20,39H2,(H,44,45)/p-1. The monoisotopic (exact) mass is 651 g/mol. The van der Waals surface area contributed by atoms with E-state index in [1.807, 2.05) is 0 Å². The number of likely N-dealkylation sites (tertiary alicyclic amines) is 1. The van der Waals surface area contributed by atoms with Crippen LogP contribution in [0.15, 0.2) is 82.4 Å². The summed E-state index contributed by atoms with van der Waals surface area (Å²) in [5.41, 5.74) is 3.47. The quantitative estimate of drug-likeness (QED) is 0.290. The lowest BCUT2D eigenvalue weighted by molar-refractivity contribution is -0.255. The Morgan fingerprint density at radius 1 is 0.957 bits per heavy atom. The van der Waals surface area contributed by atoms with Crippen molar-refractivity contribution in [1.29, 1.82) is 0 Å². The highest BCUT2D eigenvalue weighted by atomic mass is 19.4. The molecule has 1 aromatic heterocycles. The van der Waals surface area contributed by atoms with Crippen molar-refractivity contribution in [3.05, 3.63) is 139 Å². The van der Waals surface area contributed by atoms with Gasteiger partial charge in [-0.15, -0.1) is 0 Å². The van der Waals surface area contributed by atoms with Gasteiger partial charge in [0.1, 0.15) is 11.4 Å². The molecule has 2 aliphatic heterocycles. The number of nitrogens with two attached hydrogens (primary N) is 1. The third kappa shape index (κ3) is 6.25. The van der Waals surface area contributed by atoms with Crippen LogP contribution < -0.4 is 22.1 Å². The average molecular weight is 652 g/mol. The predicted octanol–water partition coefficient (Wildman–Crippen LogP) is 3.30. The van der Waals surface area contributed by atoms with Crippen molar-refractivity contribution >= 4 is 5.97 Å². The van der Waals surface area contributed by atoms with Crippen molar-refractivity contribution in [1.82, 2.24) is 14.0 Å². The van der Waals surface area contributed by atoms with Crippen molar-refractivity contribution < 1.29 is 32.2 Å². The highest BCUT2D eigenvalue weighted by Gasteiger charge is 2.47. The zero-order chi connectivity index (χ0) is 33.5. The zero-order valence-corrected chi connectivity index (χ0v) is 25.1. The van der Waals surface area contributed by atoms with E-state index in [1.165, 1.54) is 12.1 Å². The molecule has 0 saturated carbocycles. The summed E-state index contributed by atoms with van der Waals surface area (Å²) in [5, 5.41) is 11.3. The Kier molecular flexibility index (Phi) is 8.64. The van der Waals surface area contributed by atoms with E-state index in [9.17, 15) is 32.7 Å². The number of aromatic nitrogens is 2. The number of carboxylic acids is 1. The lowest BCUT2D eigenvalue weighted by Crippen LogP contribution is -2.49. The smallest absolute Gasteiger partial charge is 0.416 e. The largest absolute Gasteiger partial charge is 0.545 e. The summed E-state index contributed by atoms with van der Waals surface area (Å²) in [7, 11) is 0. The topological polar surface area (TPSA) is 123 Å². The molecule has 1 fully saturated rings. The van der Waals surface area contributed by atoms with E-state index in [2.05, 4.69) is 4.90 Å². The van der Waals surface area contributed by atoms with Gasteiger partial charge in [-0.2, -0.15) is 13.2 Å². The molecule has 4 aromatic rings. The lowest BCUT2D eigenvalue weighted by atomic mass is 9.85. The summed E-state index contributed by atoms with van der Waals surface area (Å²) in [6, 6.07) is 17.0. The molecule has 2 N–H and O–H groups in total. The van der Waals surface area contributed by atoms with Gasteiger partial charge in [-0.05, 0) is 47.7 Å². The number of hydrogen-bond acceptors (Lipinski definition) is 7. The van der Waals surface area contributed by atoms with Crippen LogP contribution in [0.5, 0.6) is 0 Å². The number of carbonyl (C=O) groups excluding carboxylic acids is 1. The number of fused-ring (bicyclic) bond motifs is 2. The first kappa shape index (κ1) is 32.4. The average Bonchev–Trinajstić information content (AvgIpc) is 3.41. The first-order valence-electron chi connectivity index (χ1n) is 15.1. The van der Waals surface area contributed by atoms with Crippen LogP contribution in [0.4, 0.5) is 17.6 Å². The van der Waals surface area contributed by atoms with Crippen LogP contribution in [-0.4, -0.2) is 33.1 Å². The van der Waals surface area contributed by atoms with Gasteiger partial charge in [0.05, 0.1) is 42.5 Å². The summed E-state index contributed by atoms with van der Waals surface area (Å²) < 4.78 is 65.1. The molecule has 1 saturated heterocycles. The van der Waals surface area contributed by atoms with Crippen LogP contribution in [0.25, 0.3) is 0 Å². The van der Waals surface area contributed by atoms with Gasteiger partial charge < -0.3 is 20.4 Å². The van der Waals surface area contributed by atoms with Crippen molar-refractivity contribution in [3.63, 3.8) is 0 Å². The van der Waals surface area contributed by atoms with Crippen LogP contribution >= 0.6 is 0 Å². The van der Waals surface area contributed by atoms with Crippen molar-refractivity contribution in [2.75, 3.05) is 13.1 Å². The highest BCUT2D eigenvalue weighted by Crippen LogP contribution is 2.43. The molecule has 13 heteroatoms. The molecule has 0 radical (unpaired) electrons. The van der Waals surface area contributed by atoms with E-state index in [0.29, 0.717) is 38.0 Å². The summed E-state index contributed by atoms with van der Waals surface area (Å²) in [5.74, 6) is -2.42. The number of hydrogen-bond donors (Lipinski definition) is 1. The SMILES string of the molecule is NC(Cn1c(=O)c2c(n(Cc3c(F)cccc3C(F)(F)F)c1=O)COC21CCN(Cc2cccc(C(=O)[O-])c2)CC1)c1ccccc1. The van der Waals surface area contributed by atoms with E-state index in [-0.39, 0.29) is 30.0 Å². The molecule has 1 atom stereocenters. The number of aromatic carboxylic acids is 1. The Balaban J connectivity index is 1.39. The van der Waals surface area contributed by atoms with Crippen LogP contribution in [0.3, 0.4) is 0 Å². The Morgan fingerprint density at radius 3 is 2.34 bits per heavy atom. The Hall–Kier alpha value is -4.59. The van der Waals surface area contributed by atoms with E-state index < -0.39 is 58.5 Å². The molecular formula is C34H31F4N4O5-. The molecule has 0 amide bonds.